The Morgan fingerprint density at radius 3 is 2.17 bits per heavy atom. The molecule has 0 radical (unpaired) electrons. The van der Waals surface area contributed by atoms with Crippen LogP contribution in [0.3, 0.4) is 0 Å². The fourth-order valence-electron chi connectivity index (χ4n) is 0.158. The van der Waals surface area contributed by atoms with E-state index in [4.69, 9.17) is 0 Å². The van der Waals surface area contributed by atoms with Crippen molar-refractivity contribution in [1.82, 2.24) is 0 Å². The molecule has 0 nitrogen and oxygen atoms in total. The summed E-state index contributed by atoms with van der Waals surface area (Å²) in [6.07, 6.45) is 2.52. The van der Waals surface area contributed by atoms with Crippen LogP contribution in [0.1, 0.15) is 21.2 Å². The molecule has 0 bridgehead atoms. The fraction of sp³-hybridized carbons (Fsp3) is 1.00. The zero-order chi connectivity index (χ0) is 4.12. The van der Waals surface area contributed by atoms with Gasteiger partial charge in [0.1, 0.15) is 0 Å². The van der Waals surface area contributed by atoms with E-state index in [1.165, 1.54) is 12.8 Å². The van der Waals surface area contributed by atoms with Gasteiger partial charge in [0.2, 0.25) is 0 Å². The van der Waals surface area contributed by atoms with Gasteiger partial charge in [-0.05, 0) is 12.2 Å². The van der Waals surface area contributed by atoms with E-state index in [0.717, 1.165) is 5.75 Å². The molecule has 0 aliphatic rings. The minimum Gasteiger partial charge on any atom is -1.00 e. The summed E-state index contributed by atoms with van der Waals surface area (Å²) in [5.41, 5.74) is 0. The first-order chi connectivity index (χ1) is 2.41. The van der Waals surface area contributed by atoms with E-state index in [2.05, 4.69) is 19.6 Å². The largest absolute Gasteiger partial charge is 1.00 e. The number of unbranched alkanes of at least 4 members (excludes halogenated alkanes) is 1. The van der Waals surface area contributed by atoms with Crippen molar-refractivity contribution in [3.8, 4) is 0 Å². The summed E-state index contributed by atoms with van der Waals surface area (Å²) < 4.78 is 0. The van der Waals surface area contributed by atoms with Gasteiger partial charge < -0.3 is 1.43 Å². The number of hydrogen-bond acceptors (Lipinski definition) is 1. The van der Waals surface area contributed by atoms with Gasteiger partial charge in [0.25, 0.3) is 0 Å². The molecule has 2 heteroatoms. The van der Waals surface area contributed by atoms with Crippen LogP contribution in [0.25, 0.3) is 0 Å². The van der Waals surface area contributed by atoms with Crippen molar-refractivity contribution in [2.45, 2.75) is 19.8 Å². The van der Waals surface area contributed by atoms with Crippen LogP contribution in [-0.4, -0.2) is 5.75 Å². The summed E-state index contributed by atoms with van der Waals surface area (Å²) in [5.74, 6) is 1.04. The van der Waals surface area contributed by atoms with Crippen LogP contribution < -0.4 is 29.6 Å². The van der Waals surface area contributed by atoms with Crippen LogP contribution >= 0.6 is 12.6 Å². The van der Waals surface area contributed by atoms with Gasteiger partial charge in [-0.3, -0.25) is 0 Å². The Morgan fingerprint density at radius 2 is 2.17 bits per heavy atom. The van der Waals surface area contributed by atoms with Crippen molar-refractivity contribution >= 4 is 12.6 Å². The molecular weight excluding hydrogens is 103 g/mol. The topological polar surface area (TPSA) is 0 Å². The molecule has 0 unspecified atom stereocenters. The predicted octanol–water partition coefficient (Wildman–Crippen LogP) is -1.17. The molecule has 0 saturated carbocycles. The average Bonchev–Trinajstić information content (AvgIpc) is 1.41. The van der Waals surface area contributed by atoms with E-state index >= 15 is 0 Å². The fourth-order valence-corrected chi connectivity index (χ4v) is 0.474. The minimum atomic E-state index is 0. The van der Waals surface area contributed by atoms with Crippen molar-refractivity contribution in [2.24, 2.45) is 0 Å². The second-order valence-corrected chi connectivity index (χ2v) is 1.52. The number of hydrogen-bond donors (Lipinski definition) is 1. The van der Waals surface area contributed by atoms with Crippen LogP contribution in [0.5, 0.6) is 0 Å². The maximum Gasteiger partial charge on any atom is 1.00 e. The third kappa shape index (κ3) is 9.02. The minimum absolute atomic E-state index is 0. The quantitative estimate of drug-likeness (QED) is 0.339. The molecule has 0 fully saturated rings. The molecule has 0 saturated heterocycles. The smallest absolute Gasteiger partial charge is 1.00 e. The van der Waals surface area contributed by atoms with Gasteiger partial charge in [-0.2, -0.15) is 12.6 Å². The average molecular weight is 114 g/mol. The summed E-state index contributed by atoms with van der Waals surface area (Å²) in [5, 5.41) is 0. The van der Waals surface area contributed by atoms with Gasteiger partial charge >= 0.3 is 29.6 Å². The monoisotopic (exact) mass is 114 g/mol. The molecule has 0 heterocycles. The van der Waals surface area contributed by atoms with Gasteiger partial charge in [-0.25, -0.2) is 0 Å². The second kappa shape index (κ2) is 9.61. The maximum atomic E-state index is 4.00. The summed E-state index contributed by atoms with van der Waals surface area (Å²) >= 11 is 4.00. The van der Waals surface area contributed by atoms with Gasteiger partial charge in [0.05, 0.1) is 0 Å². The third-order valence-electron chi connectivity index (χ3n) is 0.512. The SMILES string of the molecule is CCCCS.[H-].[Na+]. The van der Waals surface area contributed by atoms with Crippen molar-refractivity contribution in [3.63, 3.8) is 0 Å². The molecule has 0 aliphatic carbocycles. The van der Waals surface area contributed by atoms with Gasteiger partial charge in [-0.15, -0.1) is 0 Å². The molecule has 0 amide bonds. The Labute approximate surface area is 68.9 Å². The van der Waals surface area contributed by atoms with Crippen LogP contribution in [0, 0.1) is 0 Å². The molecule has 34 valence electrons. The molecular formula is C4H11NaS. The van der Waals surface area contributed by atoms with Crippen molar-refractivity contribution in [2.75, 3.05) is 5.75 Å². The second-order valence-electron chi connectivity index (χ2n) is 1.08. The van der Waals surface area contributed by atoms with Gasteiger partial charge in [0, 0.05) is 0 Å². The van der Waals surface area contributed by atoms with E-state index in [1.54, 1.807) is 0 Å². The summed E-state index contributed by atoms with van der Waals surface area (Å²) in [7, 11) is 0. The van der Waals surface area contributed by atoms with Crippen LogP contribution in [0.15, 0.2) is 0 Å². The summed E-state index contributed by atoms with van der Waals surface area (Å²) in [6.45, 7) is 2.16. The number of rotatable bonds is 2. The van der Waals surface area contributed by atoms with Crippen LogP contribution in [-0.2, 0) is 0 Å². The van der Waals surface area contributed by atoms with Crippen LogP contribution in [0.4, 0.5) is 0 Å². The van der Waals surface area contributed by atoms with Crippen LogP contribution in [0.2, 0.25) is 0 Å². The van der Waals surface area contributed by atoms with E-state index in [1.807, 2.05) is 0 Å². The van der Waals surface area contributed by atoms with Crippen molar-refractivity contribution in [3.05, 3.63) is 0 Å². The van der Waals surface area contributed by atoms with E-state index < -0.39 is 0 Å². The Balaban J connectivity index is -0.0000000800. The molecule has 0 aromatic heterocycles. The third-order valence-corrected chi connectivity index (χ3v) is 0.828. The first kappa shape index (κ1) is 10.4. The molecule has 6 heavy (non-hydrogen) atoms. The van der Waals surface area contributed by atoms with E-state index in [0.29, 0.717) is 0 Å². The Morgan fingerprint density at radius 1 is 1.67 bits per heavy atom. The molecule has 0 N–H and O–H groups in total. The molecule has 0 spiro atoms. The Kier molecular flexibility index (Phi) is 16.6. The maximum absolute atomic E-state index is 4.00. The van der Waals surface area contributed by atoms with Gasteiger partial charge in [-0.1, -0.05) is 13.3 Å². The normalized spacial score (nSPS) is 7.00. The summed E-state index contributed by atoms with van der Waals surface area (Å²) in [6, 6.07) is 0. The first-order valence-corrected chi connectivity index (χ1v) is 2.66. The molecule has 0 aromatic rings. The molecule has 0 aromatic carbocycles. The predicted molar refractivity (Wildman–Crippen MR) is 29.9 cm³/mol. The molecule has 0 rings (SSSR count). The summed E-state index contributed by atoms with van der Waals surface area (Å²) in [4.78, 5) is 0. The Hall–Kier alpha value is 1.35. The standard InChI is InChI=1S/C4H10S.Na.H/c1-2-3-4-5;;/h5H,2-4H2,1H3;;/q;+1;-1. The molecule has 0 atom stereocenters. The first-order valence-electron chi connectivity index (χ1n) is 2.02. The Bertz CT molecular complexity index is 19.2. The van der Waals surface area contributed by atoms with Crippen molar-refractivity contribution < 1.29 is 31.0 Å². The van der Waals surface area contributed by atoms with Gasteiger partial charge in [0.15, 0.2) is 0 Å². The van der Waals surface area contributed by atoms with E-state index in [9.17, 15) is 0 Å². The zero-order valence-corrected chi connectivity index (χ0v) is 7.46. The zero-order valence-electron chi connectivity index (χ0n) is 5.57. The van der Waals surface area contributed by atoms with Crippen molar-refractivity contribution in [1.29, 1.82) is 0 Å². The van der Waals surface area contributed by atoms with E-state index in [-0.39, 0.29) is 31.0 Å². The molecule has 0 aliphatic heterocycles. The number of thiol groups is 1.